The van der Waals surface area contributed by atoms with Gasteiger partial charge in [0.1, 0.15) is 6.04 Å². The Kier molecular flexibility index (Phi) is 9.13. The highest BCUT2D eigenvalue weighted by Crippen LogP contribution is 2.29. The Balaban J connectivity index is 1.36. The molecule has 0 bridgehead atoms. The summed E-state index contributed by atoms with van der Waals surface area (Å²) in [5.41, 5.74) is 11.3. The zero-order chi connectivity index (χ0) is 30.7. The van der Waals surface area contributed by atoms with Crippen molar-refractivity contribution >= 4 is 45.9 Å². The first-order valence-electron chi connectivity index (χ1n) is 14.5. The van der Waals surface area contributed by atoms with Gasteiger partial charge >= 0.3 is 5.69 Å². The maximum atomic E-state index is 13.6. The molecule has 1 aliphatic rings. The molecule has 0 aliphatic heterocycles. The molecule has 1 atom stereocenters. The number of aromatic nitrogens is 2. The summed E-state index contributed by atoms with van der Waals surface area (Å²) >= 11 is 6.34. The third-order valence-electron chi connectivity index (χ3n) is 8.37. The largest absolute Gasteiger partial charge is 0.344 e. The summed E-state index contributed by atoms with van der Waals surface area (Å²) in [6.07, 6.45) is 3.55. The van der Waals surface area contributed by atoms with Gasteiger partial charge in [-0.2, -0.15) is 0 Å². The Morgan fingerprint density at radius 2 is 1.72 bits per heavy atom. The van der Waals surface area contributed by atoms with Gasteiger partial charge in [-0.25, -0.2) is 4.79 Å². The molecule has 9 nitrogen and oxygen atoms in total. The van der Waals surface area contributed by atoms with Crippen LogP contribution in [-0.4, -0.2) is 40.2 Å². The van der Waals surface area contributed by atoms with Gasteiger partial charge in [-0.1, -0.05) is 48.0 Å². The molecule has 4 aromatic rings. The molecular weight excluding hydrogens is 566 g/mol. The number of Topliss-reactive ketones (excluding diaryl/α,β-unsaturated/α-hetero) is 1. The topological polar surface area (TPSA) is 150 Å². The smallest absolute Gasteiger partial charge is 0.323 e. The number of carbonyl (C=O) groups is 3. The molecule has 6 N–H and O–H groups in total. The SMILES string of the molecule is CC(=O)c1ccc(-c2ccc(C[C@H](NC(=O)C3CCC(CN)CC3)C(=O)Nc3cc(Cl)c4[nH]c(=O)[nH]c4c3)cc2)c(C)c1. The van der Waals surface area contributed by atoms with E-state index in [0.717, 1.165) is 47.9 Å². The lowest BCUT2D eigenvalue weighted by Gasteiger charge is -2.28. The van der Waals surface area contributed by atoms with Gasteiger partial charge in [-0.05, 0) is 92.4 Å². The first-order chi connectivity index (χ1) is 20.6. The predicted octanol–water partition coefficient (Wildman–Crippen LogP) is 5.12. The number of aromatic amines is 2. The molecule has 43 heavy (non-hydrogen) atoms. The van der Waals surface area contributed by atoms with Crippen LogP contribution in [0.4, 0.5) is 5.69 Å². The molecule has 1 aromatic heterocycles. The van der Waals surface area contributed by atoms with Crippen molar-refractivity contribution in [2.45, 2.75) is 52.0 Å². The Morgan fingerprint density at radius 3 is 2.37 bits per heavy atom. The number of nitrogens with two attached hydrogens (primary N) is 1. The zero-order valence-electron chi connectivity index (χ0n) is 24.3. The molecule has 1 heterocycles. The second kappa shape index (κ2) is 13.0. The molecule has 0 saturated heterocycles. The molecule has 2 amide bonds. The number of nitrogens with one attached hydrogen (secondary N) is 4. The summed E-state index contributed by atoms with van der Waals surface area (Å²) in [5, 5.41) is 6.16. The number of fused-ring (bicyclic) bond motifs is 1. The van der Waals surface area contributed by atoms with Gasteiger partial charge in [0, 0.05) is 23.6 Å². The Bertz CT molecular complexity index is 1720. The van der Waals surface area contributed by atoms with Gasteiger partial charge in [0.05, 0.1) is 16.1 Å². The van der Waals surface area contributed by atoms with Crippen LogP contribution >= 0.6 is 11.6 Å². The van der Waals surface area contributed by atoms with Crippen LogP contribution in [0.5, 0.6) is 0 Å². The minimum atomic E-state index is -0.845. The van der Waals surface area contributed by atoms with Crippen molar-refractivity contribution in [1.29, 1.82) is 0 Å². The molecule has 1 fully saturated rings. The number of rotatable bonds is 9. The highest BCUT2D eigenvalue weighted by molar-refractivity contribution is 6.35. The van der Waals surface area contributed by atoms with Crippen LogP contribution < -0.4 is 22.1 Å². The van der Waals surface area contributed by atoms with Crippen LogP contribution in [0.15, 0.2) is 59.4 Å². The number of H-pyrrole nitrogens is 2. The average Bonchev–Trinajstić information content (AvgIpc) is 3.37. The first-order valence-corrected chi connectivity index (χ1v) is 14.9. The van der Waals surface area contributed by atoms with E-state index in [1.54, 1.807) is 19.1 Å². The van der Waals surface area contributed by atoms with Crippen LogP contribution in [0.25, 0.3) is 22.2 Å². The highest BCUT2D eigenvalue weighted by Gasteiger charge is 2.29. The van der Waals surface area contributed by atoms with Gasteiger partial charge in [0.15, 0.2) is 5.78 Å². The number of aryl methyl sites for hydroxylation is 1. The van der Waals surface area contributed by atoms with Gasteiger partial charge in [0.25, 0.3) is 0 Å². The molecule has 0 radical (unpaired) electrons. The van der Waals surface area contributed by atoms with Crippen LogP contribution in [0.3, 0.4) is 0 Å². The molecule has 5 rings (SSSR count). The molecule has 224 valence electrons. The van der Waals surface area contributed by atoms with E-state index in [0.29, 0.717) is 34.7 Å². The second-order valence-corrected chi connectivity index (χ2v) is 11.9. The summed E-state index contributed by atoms with van der Waals surface area (Å²) in [5.74, 6) is -0.248. The number of ketones is 1. The van der Waals surface area contributed by atoms with E-state index >= 15 is 0 Å². The summed E-state index contributed by atoms with van der Waals surface area (Å²) in [6, 6.07) is 15.8. The van der Waals surface area contributed by atoms with Gasteiger partial charge in [-0.3, -0.25) is 14.4 Å². The summed E-state index contributed by atoms with van der Waals surface area (Å²) in [7, 11) is 0. The minimum absolute atomic E-state index is 0.0207. The molecule has 1 aliphatic carbocycles. The maximum absolute atomic E-state index is 13.6. The predicted molar refractivity (Wildman–Crippen MR) is 169 cm³/mol. The normalized spacial score (nSPS) is 17.4. The number of hydrogen-bond donors (Lipinski definition) is 5. The van der Waals surface area contributed by atoms with E-state index in [-0.39, 0.29) is 29.1 Å². The molecule has 0 spiro atoms. The molecule has 1 saturated carbocycles. The molecule has 0 unspecified atom stereocenters. The standard InChI is InChI=1S/C33H36ClN5O4/c1-18-13-24(19(2)40)11-12-26(18)22-7-3-20(4-8-22)14-29(37-31(41)23-9-5-21(17-35)6-10-23)32(42)36-25-15-27(34)30-28(16-25)38-33(43)39-30/h3-4,7-8,11-13,15-16,21,23,29H,5-6,9-10,14,17,35H2,1-2H3,(H,36,42)(H,37,41)(H2,38,39,43)/t21?,23?,29-/m0/s1. The lowest BCUT2D eigenvalue weighted by molar-refractivity contribution is -0.130. The first kappa shape index (κ1) is 30.3. The summed E-state index contributed by atoms with van der Waals surface area (Å²) < 4.78 is 0. The van der Waals surface area contributed by atoms with Crippen LogP contribution in [0.1, 0.15) is 54.1 Å². The Hall–Kier alpha value is -4.21. The monoisotopic (exact) mass is 601 g/mol. The lowest BCUT2D eigenvalue weighted by atomic mass is 9.81. The van der Waals surface area contributed by atoms with Crippen LogP contribution in [-0.2, 0) is 16.0 Å². The second-order valence-electron chi connectivity index (χ2n) is 11.5. The van der Waals surface area contributed by atoms with Crippen molar-refractivity contribution in [1.82, 2.24) is 15.3 Å². The fourth-order valence-electron chi connectivity index (χ4n) is 5.82. The van der Waals surface area contributed by atoms with Crippen molar-refractivity contribution in [3.63, 3.8) is 0 Å². The number of anilines is 1. The van der Waals surface area contributed by atoms with Crippen LogP contribution in [0, 0.1) is 18.8 Å². The fourth-order valence-corrected chi connectivity index (χ4v) is 6.09. The average molecular weight is 602 g/mol. The van der Waals surface area contributed by atoms with E-state index in [9.17, 15) is 19.2 Å². The molecule has 10 heteroatoms. The van der Waals surface area contributed by atoms with Crippen molar-refractivity contribution < 1.29 is 14.4 Å². The van der Waals surface area contributed by atoms with Crippen molar-refractivity contribution in [2.24, 2.45) is 17.6 Å². The van der Waals surface area contributed by atoms with Crippen molar-refractivity contribution in [2.75, 3.05) is 11.9 Å². The van der Waals surface area contributed by atoms with E-state index in [2.05, 4.69) is 20.6 Å². The van der Waals surface area contributed by atoms with E-state index < -0.39 is 17.6 Å². The highest BCUT2D eigenvalue weighted by atomic mass is 35.5. The zero-order valence-corrected chi connectivity index (χ0v) is 25.0. The number of hydrogen-bond acceptors (Lipinski definition) is 5. The van der Waals surface area contributed by atoms with Gasteiger partial charge in [0.2, 0.25) is 11.8 Å². The van der Waals surface area contributed by atoms with Crippen LogP contribution in [0.2, 0.25) is 5.02 Å². The number of halogens is 1. The fraction of sp³-hybridized carbons (Fsp3) is 0.333. The Labute approximate surface area is 254 Å². The molecular formula is C33H36ClN5O4. The van der Waals surface area contributed by atoms with E-state index in [4.69, 9.17) is 17.3 Å². The molecule has 3 aromatic carbocycles. The number of benzene rings is 3. The van der Waals surface area contributed by atoms with Gasteiger partial charge < -0.3 is 26.3 Å². The number of carbonyl (C=O) groups excluding carboxylic acids is 3. The Morgan fingerprint density at radius 1 is 1.00 bits per heavy atom. The third-order valence-corrected chi connectivity index (χ3v) is 8.66. The quantitative estimate of drug-likeness (QED) is 0.169. The number of imidazole rings is 1. The maximum Gasteiger partial charge on any atom is 0.323 e. The minimum Gasteiger partial charge on any atom is -0.344 e. The number of amides is 2. The summed E-state index contributed by atoms with van der Waals surface area (Å²) in [4.78, 5) is 55.7. The summed E-state index contributed by atoms with van der Waals surface area (Å²) in [6.45, 7) is 4.14. The van der Waals surface area contributed by atoms with Crippen molar-refractivity contribution in [3.8, 4) is 11.1 Å². The van der Waals surface area contributed by atoms with Crippen molar-refractivity contribution in [3.05, 3.63) is 86.8 Å². The lowest BCUT2D eigenvalue weighted by Crippen LogP contribution is -2.48. The van der Waals surface area contributed by atoms with E-state index in [1.807, 2.05) is 49.4 Å². The van der Waals surface area contributed by atoms with Gasteiger partial charge in [-0.15, -0.1) is 0 Å². The third kappa shape index (κ3) is 7.06. The van der Waals surface area contributed by atoms with E-state index in [1.165, 1.54) is 0 Å².